The molecule has 0 saturated carbocycles. The first-order valence-corrected chi connectivity index (χ1v) is 22.5. The van der Waals surface area contributed by atoms with Crippen LogP contribution in [0, 0.1) is 0 Å². The summed E-state index contributed by atoms with van der Waals surface area (Å²) in [6.45, 7) is 4.74. The van der Waals surface area contributed by atoms with Crippen LogP contribution >= 0.6 is 7.82 Å². The van der Waals surface area contributed by atoms with Crippen LogP contribution in [0.3, 0.4) is 0 Å². The fraction of sp³-hybridized carbons (Fsp3) is 0.791. The molecular weight excluding hydrogens is 671 g/mol. The lowest BCUT2D eigenvalue weighted by atomic mass is 10.1. The molecule has 0 fully saturated rings. The Hall–Kier alpha value is -1.54. The van der Waals surface area contributed by atoms with E-state index in [9.17, 15) is 19.4 Å². The quantitative estimate of drug-likeness (QED) is 0.0252. The standard InChI is InChI=1S/C43H81N2O6P/c1-6-8-10-12-14-16-18-20-22-23-24-26-28-30-32-34-36-42(46)41(40-51-52(48,49)50-39-38-45(3,4)5)44-43(47)37-35-33-31-29-27-25-21-19-17-15-13-11-9-7-2/h19-22,26,28,34,36,41-42,46H,6-18,23-25,27,29-33,35,37-40H2,1-5H3,(H-,44,47,48,49)/p+1/b21-19-,22-20+,28-26+,36-34+. The summed E-state index contributed by atoms with van der Waals surface area (Å²) < 4.78 is 23.5. The summed E-state index contributed by atoms with van der Waals surface area (Å²) in [7, 11) is 1.53. The first-order valence-electron chi connectivity index (χ1n) is 21.0. The Balaban J connectivity index is 4.58. The summed E-state index contributed by atoms with van der Waals surface area (Å²) in [6.07, 6.45) is 43.2. The predicted octanol–water partition coefficient (Wildman–Crippen LogP) is 11.3. The third kappa shape index (κ3) is 36.8. The van der Waals surface area contributed by atoms with E-state index in [0.29, 0.717) is 17.4 Å². The maximum atomic E-state index is 12.8. The number of hydrogen-bond acceptors (Lipinski definition) is 5. The molecule has 0 heterocycles. The highest BCUT2D eigenvalue weighted by molar-refractivity contribution is 7.47. The van der Waals surface area contributed by atoms with Crippen LogP contribution in [0.25, 0.3) is 0 Å². The number of amides is 1. The van der Waals surface area contributed by atoms with E-state index in [0.717, 1.165) is 57.8 Å². The van der Waals surface area contributed by atoms with Crippen LogP contribution in [-0.2, 0) is 18.4 Å². The van der Waals surface area contributed by atoms with Crippen molar-refractivity contribution in [3.05, 3.63) is 48.6 Å². The number of nitrogens with one attached hydrogen (secondary N) is 1. The van der Waals surface area contributed by atoms with Gasteiger partial charge in [0.05, 0.1) is 39.9 Å². The van der Waals surface area contributed by atoms with Gasteiger partial charge in [0.15, 0.2) is 0 Å². The highest BCUT2D eigenvalue weighted by atomic mass is 31.2. The van der Waals surface area contributed by atoms with Crippen molar-refractivity contribution in [1.29, 1.82) is 0 Å². The summed E-state index contributed by atoms with van der Waals surface area (Å²) in [6, 6.07) is -0.872. The number of carbonyl (C=O) groups is 1. The van der Waals surface area contributed by atoms with E-state index in [1.807, 2.05) is 27.2 Å². The Morgan fingerprint density at radius 1 is 0.635 bits per heavy atom. The number of carbonyl (C=O) groups excluding carboxylic acids is 1. The lowest BCUT2D eigenvalue weighted by molar-refractivity contribution is -0.870. The third-order valence-corrected chi connectivity index (χ3v) is 9.98. The van der Waals surface area contributed by atoms with Gasteiger partial charge in [0.2, 0.25) is 5.91 Å². The van der Waals surface area contributed by atoms with Crippen molar-refractivity contribution in [3.63, 3.8) is 0 Å². The molecule has 0 aliphatic rings. The Kier molecular flexibility index (Phi) is 34.1. The van der Waals surface area contributed by atoms with Crippen molar-refractivity contribution in [2.45, 2.75) is 180 Å². The molecule has 8 nitrogen and oxygen atoms in total. The van der Waals surface area contributed by atoms with Gasteiger partial charge >= 0.3 is 7.82 Å². The molecule has 0 aliphatic heterocycles. The van der Waals surface area contributed by atoms with Crippen molar-refractivity contribution in [3.8, 4) is 0 Å². The second kappa shape index (κ2) is 35.2. The van der Waals surface area contributed by atoms with E-state index in [1.165, 1.54) is 89.9 Å². The Bertz CT molecular complexity index is 991. The molecular formula is C43H82N2O6P+. The zero-order chi connectivity index (χ0) is 38.6. The minimum Gasteiger partial charge on any atom is -0.387 e. The molecule has 0 aromatic carbocycles. The van der Waals surface area contributed by atoms with Crippen LogP contribution in [0.1, 0.15) is 168 Å². The van der Waals surface area contributed by atoms with Crippen molar-refractivity contribution < 1.29 is 32.9 Å². The highest BCUT2D eigenvalue weighted by Crippen LogP contribution is 2.43. The maximum Gasteiger partial charge on any atom is 0.472 e. The molecule has 3 atom stereocenters. The zero-order valence-electron chi connectivity index (χ0n) is 34.3. The number of phosphoric acid groups is 1. The Morgan fingerprint density at radius 3 is 1.54 bits per heavy atom. The van der Waals surface area contributed by atoms with Gasteiger partial charge in [-0.15, -0.1) is 0 Å². The number of quaternary nitrogens is 1. The second-order valence-electron chi connectivity index (χ2n) is 15.3. The molecule has 9 heteroatoms. The van der Waals surface area contributed by atoms with Gasteiger partial charge in [-0.2, -0.15) is 0 Å². The average molecular weight is 754 g/mol. The van der Waals surface area contributed by atoms with Gasteiger partial charge in [0.25, 0.3) is 0 Å². The van der Waals surface area contributed by atoms with E-state index in [2.05, 4.69) is 55.6 Å². The number of aliphatic hydroxyl groups excluding tert-OH is 1. The molecule has 52 heavy (non-hydrogen) atoms. The van der Waals surface area contributed by atoms with E-state index < -0.39 is 20.0 Å². The van der Waals surface area contributed by atoms with E-state index in [1.54, 1.807) is 6.08 Å². The minimum absolute atomic E-state index is 0.0508. The second-order valence-corrected chi connectivity index (χ2v) is 16.8. The average Bonchev–Trinajstić information content (AvgIpc) is 3.09. The zero-order valence-corrected chi connectivity index (χ0v) is 35.2. The molecule has 1 amide bonds. The molecule has 304 valence electrons. The summed E-state index contributed by atoms with van der Waals surface area (Å²) in [5.74, 6) is -0.203. The fourth-order valence-electron chi connectivity index (χ4n) is 5.59. The van der Waals surface area contributed by atoms with Gasteiger partial charge in [-0.05, 0) is 70.6 Å². The lowest BCUT2D eigenvalue weighted by Crippen LogP contribution is -2.45. The van der Waals surface area contributed by atoms with E-state index in [4.69, 9.17) is 9.05 Å². The van der Waals surface area contributed by atoms with Crippen molar-refractivity contribution in [2.75, 3.05) is 40.9 Å². The number of allylic oxidation sites excluding steroid dienone is 7. The number of aliphatic hydroxyl groups is 1. The topological polar surface area (TPSA) is 105 Å². The molecule has 0 spiro atoms. The molecule has 0 aromatic heterocycles. The number of nitrogens with zero attached hydrogens (tertiary/aromatic N) is 1. The van der Waals surface area contributed by atoms with Gasteiger partial charge < -0.3 is 19.8 Å². The van der Waals surface area contributed by atoms with Crippen LogP contribution < -0.4 is 5.32 Å². The molecule has 0 rings (SSSR count). The molecule has 3 unspecified atom stereocenters. The van der Waals surface area contributed by atoms with E-state index >= 15 is 0 Å². The lowest BCUT2D eigenvalue weighted by Gasteiger charge is -2.25. The first kappa shape index (κ1) is 50.5. The van der Waals surface area contributed by atoms with Crippen LogP contribution in [0.2, 0.25) is 0 Å². The van der Waals surface area contributed by atoms with Gasteiger partial charge in [-0.3, -0.25) is 13.8 Å². The third-order valence-electron chi connectivity index (χ3n) is 9.00. The van der Waals surface area contributed by atoms with Gasteiger partial charge in [0.1, 0.15) is 13.2 Å². The summed E-state index contributed by atoms with van der Waals surface area (Å²) in [4.78, 5) is 23.0. The predicted molar refractivity (Wildman–Crippen MR) is 221 cm³/mol. The van der Waals surface area contributed by atoms with Crippen molar-refractivity contribution in [2.24, 2.45) is 0 Å². The van der Waals surface area contributed by atoms with Crippen molar-refractivity contribution in [1.82, 2.24) is 5.32 Å². The SMILES string of the molecule is CCCCCCC/C=C\CCCCCCCC(=O)NC(COP(=O)(O)OCC[N+](C)(C)C)C(O)/C=C/CC/C=C/CC/C=C/CCCCCCCC. The Morgan fingerprint density at radius 2 is 1.06 bits per heavy atom. The number of unbranched alkanes of at least 4 members (excludes halogenated alkanes) is 18. The van der Waals surface area contributed by atoms with Crippen molar-refractivity contribution >= 4 is 13.7 Å². The molecule has 0 aromatic rings. The summed E-state index contributed by atoms with van der Waals surface area (Å²) in [5.41, 5.74) is 0. The minimum atomic E-state index is -4.35. The maximum absolute atomic E-state index is 12.8. The monoisotopic (exact) mass is 754 g/mol. The van der Waals surface area contributed by atoms with Crippen LogP contribution in [-0.4, -0.2) is 73.4 Å². The largest absolute Gasteiger partial charge is 0.472 e. The van der Waals surface area contributed by atoms with Gasteiger partial charge in [-0.25, -0.2) is 4.57 Å². The fourth-order valence-corrected chi connectivity index (χ4v) is 6.33. The smallest absolute Gasteiger partial charge is 0.387 e. The van der Waals surface area contributed by atoms with Crippen LogP contribution in [0.5, 0.6) is 0 Å². The number of likely N-dealkylation sites (N-methyl/N-ethyl adjacent to an activating group) is 1. The highest BCUT2D eigenvalue weighted by Gasteiger charge is 2.27. The molecule has 0 radical (unpaired) electrons. The number of hydrogen-bond donors (Lipinski definition) is 3. The normalized spacial score (nSPS) is 15.0. The summed E-state index contributed by atoms with van der Waals surface area (Å²) in [5, 5.41) is 13.8. The van der Waals surface area contributed by atoms with Crippen LogP contribution in [0.15, 0.2) is 48.6 Å². The molecule has 3 N–H and O–H groups in total. The Labute approximate surface area is 320 Å². The molecule has 0 saturated heterocycles. The van der Waals surface area contributed by atoms with E-state index in [-0.39, 0.29) is 19.1 Å². The van der Waals surface area contributed by atoms with Gasteiger partial charge in [0, 0.05) is 6.42 Å². The molecule has 0 aliphatic carbocycles. The number of phosphoric ester groups is 1. The molecule has 0 bridgehead atoms. The summed E-state index contributed by atoms with van der Waals surface area (Å²) >= 11 is 0. The van der Waals surface area contributed by atoms with Gasteiger partial charge in [-0.1, -0.05) is 140 Å². The van der Waals surface area contributed by atoms with Crippen LogP contribution in [0.4, 0.5) is 0 Å². The first-order chi connectivity index (χ1) is 25.0. The number of rotatable bonds is 37.